The average Bonchev–Trinajstić information content (AvgIpc) is 2.67. The topological polar surface area (TPSA) is 58.6 Å². The van der Waals surface area contributed by atoms with Crippen LogP contribution < -0.4 is 10.1 Å². The van der Waals surface area contributed by atoms with E-state index in [1.165, 1.54) is 29.2 Å². The number of ether oxygens (including phenoxy) is 1. The van der Waals surface area contributed by atoms with E-state index < -0.39 is 6.04 Å². The second-order valence-corrected chi connectivity index (χ2v) is 5.79. The van der Waals surface area contributed by atoms with Crippen molar-refractivity contribution < 1.29 is 18.7 Å². The van der Waals surface area contributed by atoms with Crippen LogP contribution >= 0.6 is 0 Å². The van der Waals surface area contributed by atoms with E-state index >= 15 is 0 Å². The molecule has 138 valence electrons. The summed E-state index contributed by atoms with van der Waals surface area (Å²) in [6.45, 7) is 1.93. The summed E-state index contributed by atoms with van der Waals surface area (Å²) in [4.78, 5) is 26.5. The minimum Gasteiger partial charge on any atom is -0.484 e. The Morgan fingerprint density at radius 1 is 1.12 bits per heavy atom. The molecule has 0 fully saturated rings. The maximum atomic E-state index is 13.0. The van der Waals surface area contributed by atoms with Gasteiger partial charge in [0.05, 0.1) is 0 Å². The van der Waals surface area contributed by atoms with Gasteiger partial charge in [-0.25, -0.2) is 4.39 Å². The maximum Gasteiger partial charge on any atom is 0.261 e. The van der Waals surface area contributed by atoms with Gasteiger partial charge in [-0.1, -0.05) is 37.3 Å². The minimum atomic E-state index is -0.593. The number of halogens is 1. The predicted octanol–water partition coefficient (Wildman–Crippen LogP) is 2.76. The molecule has 0 aliphatic carbocycles. The van der Waals surface area contributed by atoms with Crippen molar-refractivity contribution in [2.24, 2.45) is 0 Å². The molecule has 0 bridgehead atoms. The molecule has 0 radical (unpaired) electrons. The Bertz CT molecular complexity index is 720. The monoisotopic (exact) mass is 358 g/mol. The highest BCUT2D eigenvalue weighted by molar-refractivity contribution is 5.88. The van der Waals surface area contributed by atoms with Gasteiger partial charge in [0.25, 0.3) is 5.91 Å². The first kappa shape index (κ1) is 19.4. The number of nitrogens with one attached hydrogen (secondary N) is 1. The second kappa shape index (κ2) is 9.56. The lowest BCUT2D eigenvalue weighted by atomic mass is 10.1. The van der Waals surface area contributed by atoms with E-state index in [1.54, 1.807) is 7.05 Å². The highest BCUT2D eigenvalue weighted by atomic mass is 19.1. The van der Waals surface area contributed by atoms with Crippen LogP contribution in [-0.2, 0) is 16.1 Å². The van der Waals surface area contributed by atoms with Crippen LogP contribution in [-0.4, -0.2) is 36.4 Å². The van der Waals surface area contributed by atoms with Crippen LogP contribution in [0.1, 0.15) is 18.9 Å². The van der Waals surface area contributed by atoms with Gasteiger partial charge in [-0.2, -0.15) is 0 Å². The van der Waals surface area contributed by atoms with E-state index in [0.29, 0.717) is 18.7 Å². The first-order chi connectivity index (χ1) is 12.5. The summed E-state index contributed by atoms with van der Waals surface area (Å²) in [6.07, 6.45) is 0.481. The van der Waals surface area contributed by atoms with Gasteiger partial charge in [-0.15, -0.1) is 0 Å². The van der Waals surface area contributed by atoms with Gasteiger partial charge in [-0.05, 0) is 36.2 Å². The van der Waals surface area contributed by atoms with E-state index in [1.807, 2.05) is 37.3 Å². The van der Waals surface area contributed by atoms with Crippen LogP contribution in [0.5, 0.6) is 5.75 Å². The van der Waals surface area contributed by atoms with Crippen molar-refractivity contribution in [3.05, 3.63) is 66.0 Å². The van der Waals surface area contributed by atoms with E-state index in [-0.39, 0.29) is 24.2 Å². The number of carbonyl (C=O) groups excluding carboxylic acids is 2. The summed E-state index contributed by atoms with van der Waals surface area (Å²) in [5.41, 5.74) is 0.921. The first-order valence-corrected chi connectivity index (χ1v) is 8.48. The minimum absolute atomic E-state index is 0.224. The summed E-state index contributed by atoms with van der Waals surface area (Å²) in [5.74, 6) is -0.514. The van der Waals surface area contributed by atoms with Gasteiger partial charge in [0.15, 0.2) is 6.61 Å². The molecule has 1 N–H and O–H groups in total. The van der Waals surface area contributed by atoms with Crippen LogP contribution in [0, 0.1) is 5.82 Å². The van der Waals surface area contributed by atoms with E-state index in [0.717, 1.165) is 5.56 Å². The number of carbonyl (C=O) groups is 2. The third-order valence-electron chi connectivity index (χ3n) is 4.00. The molecule has 2 aromatic carbocycles. The van der Waals surface area contributed by atoms with Gasteiger partial charge in [-0.3, -0.25) is 9.59 Å². The number of hydrogen-bond donors (Lipinski definition) is 1. The van der Waals surface area contributed by atoms with Gasteiger partial charge in [0.2, 0.25) is 5.91 Å². The number of benzene rings is 2. The normalized spacial score (nSPS) is 11.5. The van der Waals surface area contributed by atoms with Crippen molar-refractivity contribution in [2.45, 2.75) is 25.9 Å². The molecule has 0 heterocycles. The fraction of sp³-hybridized carbons (Fsp3) is 0.300. The summed E-state index contributed by atoms with van der Waals surface area (Å²) in [5, 5.41) is 2.60. The van der Waals surface area contributed by atoms with Gasteiger partial charge >= 0.3 is 0 Å². The highest BCUT2D eigenvalue weighted by Crippen LogP contribution is 2.15. The number of nitrogens with zero attached hydrogens (tertiary/aromatic N) is 1. The SMILES string of the molecule is CC[C@@H](C(=O)NC)N(Cc1ccccc1)C(=O)COc1ccc(F)cc1. The third-order valence-corrected chi connectivity index (χ3v) is 4.00. The van der Waals surface area contributed by atoms with Crippen LogP contribution in [0.25, 0.3) is 0 Å². The summed E-state index contributed by atoms with van der Waals surface area (Å²) in [6, 6.07) is 14.3. The standard InChI is InChI=1S/C20H23FN2O3/c1-3-18(20(25)22-2)23(13-15-7-5-4-6-8-15)19(24)14-26-17-11-9-16(21)10-12-17/h4-12,18H,3,13-14H2,1-2H3,(H,22,25)/t18-/m0/s1. The number of rotatable bonds is 8. The zero-order valence-electron chi connectivity index (χ0n) is 14.9. The largest absolute Gasteiger partial charge is 0.484 e. The third kappa shape index (κ3) is 5.31. The molecular formula is C20H23FN2O3. The Labute approximate surface area is 152 Å². The lowest BCUT2D eigenvalue weighted by Crippen LogP contribution is -2.49. The Morgan fingerprint density at radius 3 is 2.35 bits per heavy atom. The molecule has 2 rings (SSSR count). The lowest BCUT2D eigenvalue weighted by molar-refractivity contribution is -0.142. The summed E-state index contributed by atoms with van der Waals surface area (Å²) >= 11 is 0. The molecule has 0 aliphatic heterocycles. The fourth-order valence-corrected chi connectivity index (χ4v) is 2.63. The van der Waals surface area contributed by atoms with Crippen molar-refractivity contribution in [3.63, 3.8) is 0 Å². The molecule has 6 heteroatoms. The molecule has 0 aliphatic rings. The molecule has 0 saturated carbocycles. The van der Waals surface area contributed by atoms with E-state index in [9.17, 15) is 14.0 Å². The zero-order chi connectivity index (χ0) is 18.9. The predicted molar refractivity (Wildman–Crippen MR) is 97.0 cm³/mol. The van der Waals surface area contributed by atoms with Crippen LogP contribution in [0.15, 0.2) is 54.6 Å². The molecule has 0 aromatic heterocycles. The molecule has 0 unspecified atom stereocenters. The molecule has 0 spiro atoms. The molecule has 1 atom stereocenters. The Kier molecular flexibility index (Phi) is 7.14. The summed E-state index contributed by atoms with van der Waals surface area (Å²) in [7, 11) is 1.55. The molecule has 0 saturated heterocycles. The van der Waals surface area contributed by atoms with Crippen molar-refractivity contribution >= 4 is 11.8 Å². The van der Waals surface area contributed by atoms with E-state index in [4.69, 9.17) is 4.74 Å². The quantitative estimate of drug-likeness (QED) is 0.789. The molecule has 26 heavy (non-hydrogen) atoms. The summed E-state index contributed by atoms with van der Waals surface area (Å²) < 4.78 is 18.4. The van der Waals surface area contributed by atoms with Crippen molar-refractivity contribution in [2.75, 3.05) is 13.7 Å². The highest BCUT2D eigenvalue weighted by Gasteiger charge is 2.28. The lowest BCUT2D eigenvalue weighted by Gasteiger charge is -2.30. The van der Waals surface area contributed by atoms with Crippen molar-refractivity contribution in [1.82, 2.24) is 10.2 Å². The second-order valence-electron chi connectivity index (χ2n) is 5.79. The smallest absolute Gasteiger partial charge is 0.261 e. The van der Waals surface area contributed by atoms with E-state index in [2.05, 4.69) is 5.32 Å². The van der Waals surface area contributed by atoms with Crippen molar-refractivity contribution in [1.29, 1.82) is 0 Å². The molecular weight excluding hydrogens is 335 g/mol. The van der Waals surface area contributed by atoms with Gasteiger partial charge < -0.3 is 15.0 Å². The number of likely N-dealkylation sites (N-methyl/N-ethyl adjacent to an activating group) is 1. The maximum absolute atomic E-state index is 13.0. The average molecular weight is 358 g/mol. The number of amides is 2. The Hall–Kier alpha value is -2.89. The van der Waals surface area contributed by atoms with Crippen LogP contribution in [0.4, 0.5) is 4.39 Å². The molecule has 5 nitrogen and oxygen atoms in total. The number of hydrogen-bond acceptors (Lipinski definition) is 3. The fourth-order valence-electron chi connectivity index (χ4n) is 2.63. The van der Waals surface area contributed by atoms with Gasteiger partial charge in [0, 0.05) is 13.6 Å². The van der Waals surface area contributed by atoms with Crippen LogP contribution in [0.2, 0.25) is 0 Å². The first-order valence-electron chi connectivity index (χ1n) is 8.48. The van der Waals surface area contributed by atoms with Crippen LogP contribution in [0.3, 0.4) is 0 Å². The Morgan fingerprint density at radius 2 is 1.77 bits per heavy atom. The Balaban J connectivity index is 2.13. The molecule has 2 aromatic rings. The molecule has 2 amide bonds. The van der Waals surface area contributed by atoms with Crippen molar-refractivity contribution in [3.8, 4) is 5.75 Å². The zero-order valence-corrected chi connectivity index (χ0v) is 14.9. The van der Waals surface area contributed by atoms with Gasteiger partial charge in [0.1, 0.15) is 17.6 Å².